The smallest absolute Gasteiger partial charge is 0.250 e. The standard InChI is InChI=1S/C27H26ClN5O2/c1-35-22-14-10-19(11-15-22)23-17-24(20-8-12-21(28)13-9-20)33-27(29-23)31-26(32-33)30-25(34)16-7-18-5-3-2-4-6-18/h2-6,8-15,23-24H,7,16-17H2,1H3,(H2,29,30,31,32,34). The number of nitrogens with zero attached hydrogens (tertiary/aromatic N) is 3. The van der Waals surface area contributed by atoms with Crippen LogP contribution >= 0.6 is 11.6 Å². The number of ether oxygens (including phenoxy) is 1. The maximum absolute atomic E-state index is 12.6. The molecule has 0 bridgehead atoms. The highest BCUT2D eigenvalue weighted by Crippen LogP contribution is 2.38. The molecule has 0 saturated carbocycles. The van der Waals surface area contributed by atoms with Crippen LogP contribution in [0, 0.1) is 0 Å². The lowest BCUT2D eigenvalue weighted by atomic mass is 9.93. The molecule has 4 aromatic rings. The van der Waals surface area contributed by atoms with Gasteiger partial charge in [-0.15, -0.1) is 5.10 Å². The van der Waals surface area contributed by atoms with Gasteiger partial charge in [-0.25, -0.2) is 4.68 Å². The van der Waals surface area contributed by atoms with Gasteiger partial charge in [-0.2, -0.15) is 4.98 Å². The van der Waals surface area contributed by atoms with Gasteiger partial charge in [0.25, 0.3) is 5.95 Å². The molecule has 1 aromatic heterocycles. The van der Waals surface area contributed by atoms with Crippen molar-refractivity contribution < 1.29 is 9.53 Å². The van der Waals surface area contributed by atoms with Gasteiger partial charge >= 0.3 is 0 Å². The molecule has 2 atom stereocenters. The third-order valence-electron chi connectivity index (χ3n) is 6.20. The molecule has 0 saturated heterocycles. The summed E-state index contributed by atoms with van der Waals surface area (Å²) in [6.07, 6.45) is 1.77. The number of carbonyl (C=O) groups is 1. The lowest BCUT2D eigenvalue weighted by molar-refractivity contribution is -0.116. The lowest BCUT2D eigenvalue weighted by Crippen LogP contribution is -2.28. The summed E-state index contributed by atoms with van der Waals surface area (Å²) in [5.41, 5.74) is 3.31. The minimum atomic E-state index is -0.119. The molecule has 1 aliphatic rings. The number of fused-ring (bicyclic) bond motifs is 1. The van der Waals surface area contributed by atoms with Gasteiger partial charge in [-0.3, -0.25) is 10.1 Å². The summed E-state index contributed by atoms with van der Waals surface area (Å²) in [7, 11) is 1.66. The first kappa shape index (κ1) is 22.9. The third kappa shape index (κ3) is 5.30. The molecule has 35 heavy (non-hydrogen) atoms. The number of carbonyl (C=O) groups excluding carboxylic acids is 1. The zero-order valence-electron chi connectivity index (χ0n) is 19.3. The Morgan fingerprint density at radius 3 is 2.49 bits per heavy atom. The topological polar surface area (TPSA) is 81.1 Å². The van der Waals surface area contributed by atoms with Gasteiger partial charge < -0.3 is 10.1 Å². The highest BCUT2D eigenvalue weighted by Gasteiger charge is 2.31. The van der Waals surface area contributed by atoms with E-state index in [1.165, 1.54) is 0 Å². The molecule has 1 amide bonds. The van der Waals surface area contributed by atoms with Crippen molar-refractivity contribution in [3.63, 3.8) is 0 Å². The van der Waals surface area contributed by atoms with E-state index in [0.717, 1.165) is 28.9 Å². The number of amides is 1. The Kier molecular flexibility index (Phi) is 6.68. The van der Waals surface area contributed by atoms with Gasteiger partial charge in [-0.1, -0.05) is 66.2 Å². The molecule has 0 spiro atoms. The van der Waals surface area contributed by atoms with Crippen molar-refractivity contribution in [3.8, 4) is 5.75 Å². The SMILES string of the molecule is COc1ccc(C2CC(c3ccc(Cl)cc3)n3nc(NC(=O)CCc4ccccc4)nc3N2)cc1. The minimum Gasteiger partial charge on any atom is -0.497 e. The fourth-order valence-electron chi connectivity index (χ4n) is 4.34. The second-order valence-corrected chi connectivity index (χ2v) is 8.95. The predicted octanol–water partition coefficient (Wildman–Crippen LogP) is 5.66. The number of halogens is 1. The summed E-state index contributed by atoms with van der Waals surface area (Å²) in [5, 5.41) is 11.7. The molecule has 8 heteroatoms. The van der Waals surface area contributed by atoms with Crippen LogP contribution in [0.15, 0.2) is 78.9 Å². The van der Waals surface area contributed by atoms with Crippen LogP contribution in [-0.4, -0.2) is 27.8 Å². The molecule has 2 heterocycles. The summed E-state index contributed by atoms with van der Waals surface area (Å²) >= 11 is 6.13. The number of aromatic nitrogens is 3. The number of hydrogen-bond acceptors (Lipinski definition) is 5. The van der Waals surface area contributed by atoms with Crippen LogP contribution in [0.2, 0.25) is 5.02 Å². The van der Waals surface area contributed by atoms with E-state index >= 15 is 0 Å². The van der Waals surface area contributed by atoms with Crippen LogP contribution in [-0.2, 0) is 11.2 Å². The van der Waals surface area contributed by atoms with Crippen molar-refractivity contribution in [1.82, 2.24) is 14.8 Å². The molecule has 5 rings (SSSR count). The van der Waals surface area contributed by atoms with Crippen LogP contribution in [0.5, 0.6) is 5.75 Å². The third-order valence-corrected chi connectivity index (χ3v) is 6.45. The summed E-state index contributed by atoms with van der Waals surface area (Å²) in [6, 6.07) is 25.7. The van der Waals surface area contributed by atoms with E-state index in [1.807, 2.05) is 83.5 Å². The Bertz CT molecular complexity index is 1290. The van der Waals surface area contributed by atoms with Gasteiger partial charge in [0.1, 0.15) is 5.75 Å². The number of anilines is 2. The number of rotatable bonds is 7. The lowest BCUT2D eigenvalue weighted by Gasteiger charge is -2.31. The van der Waals surface area contributed by atoms with E-state index in [4.69, 9.17) is 16.3 Å². The molecular formula is C27H26ClN5O2. The summed E-state index contributed by atoms with van der Waals surface area (Å²) in [4.78, 5) is 17.2. The number of hydrogen-bond donors (Lipinski definition) is 2. The molecule has 2 N–H and O–H groups in total. The van der Waals surface area contributed by atoms with Crippen molar-refractivity contribution in [1.29, 1.82) is 0 Å². The van der Waals surface area contributed by atoms with Crippen molar-refractivity contribution >= 4 is 29.4 Å². The monoisotopic (exact) mass is 487 g/mol. The van der Waals surface area contributed by atoms with Crippen LogP contribution in [0.1, 0.15) is 41.6 Å². The summed E-state index contributed by atoms with van der Waals surface area (Å²) < 4.78 is 7.15. The van der Waals surface area contributed by atoms with Gasteiger partial charge in [-0.05, 0) is 53.8 Å². The maximum atomic E-state index is 12.6. The van der Waals surface area contributed by atoms with Crippen molar-refractivity contribution in [2.75, 3.05) is 17.7 Å². The molecule has 178 valence electrons. The molecule has 3 aromatic carbocycles. The Hall–Kier alpha value is -3.84. The van der Waals surface area contributed by atoms with Gasteiger partial charge in [0.05, 0.1) is 19.2 Å². The number of nitrogens with one attached hydrogen (secondary N) is 2. The highest BCUT2D eigenvalue weighted by atomic mass is 35.5. The Morgan fingerprint density at radius 1 is 1.06 bits per heavy atom. The maximum Gasteiger partial charge on any atom is 0.250 e. The fourth-order valence-corrected chi connectivity index (χ4v) is 4.46. The average Bonchev–Trinajstić information content (AvgIpc) is 3.30. The van der Waals surface area contributed by atoms with Crippen molar-refractivity contribution in [2.45, 2.75) is 31.3 Å². The molecule has 2 unspecified atom stereocenters. The predicted molar refractivity (Wildman–Crippen MR) is 137 cm³/mol. The summed E-state index contributed by atoms with van der Waals surface area (Å²) in [5.74, 6) is 1.59. The first-order chi connectivity index (χ1) is 17.1. The number of methoxy groups -OCH3 is 1. The van der Waals surface area contributed by atoms with Gasteiger partial charge in [0.15, 0.2) is 0 Å². The molecular weight excluding hydrogens is 462 g/mol. The Labute approximate surface area is 209 Å². The Balaban J connectivity index is 1.38. The van der Waals surface area contributed by atoms with Crippen molar-refractivity contribution in [2.24, 2.45) is 0 Å². The molecule has 0 fully saturated rings. The number of aryl methyl sites for hydroxylation is 1. The molecule has 0 radical (unpaired) electrons. The molecule has 7 nitrogen and oxygen atoms in total. The fraction of sp³-hybridized carbons (Fsp3) is 0.222. The highest BCUT2D eigenvalue weighted by molar-refractivity contribution is 6.30. The zero-order chi connectivity index (χ0) is 24.2. The molecule has 0 aliphatic carbocycles. The van der Waals surface area contributed by atoms with Crippen LogP contribution in [0.3, 0.4) is 0 Å². The second-order valence-electron chi connectivity index (χ2n) is 8.51. The normalized spacial score (nSPS) is 16.7. The quantitative estimate of drug-likeness (QED) is 0.351. The first-order valence-electron chi connectivity index (χ1n) is 11.6. The first-order valence-corrected chi connectivity index (χ1v) is 11.9. The van der Waals surface area contributed by atoms with E-state index in [2.05, 4.69) is 20.7 Å². The minimum absolute atomic E-state index is 0.0138. The van der Waals surface area contributed by atoms with E-state index in [-0.39, 0.29) is 18.0 Å². The van der Waals surface area contributed by atoms with Crippen LogP contribution in [0.25, 0.3) is 0 Å². The van der Waals surface area contributed by atoms with Gasteiger partial charge in [0.2, 0.25) is 11.9 Å². The van der Waals surface area contributed by atoms with Crippen LogP contribution in [0.4, 0.5) is 11.9 Å². The second kappa shape index (κ2) is 10.2. The Morgan fingerprint density at radius 2 is 1.77 bits per heavy atom. The van der Waals surface area contributed by atoms with Crippen LogP contribution < -0.4 is 15.4 Å². The average molecular weight is 488 g/mol. The van der Waals surface area contributed by atoms with Crippen molar-refractivity contribution in [3.05, 3.63) is 101 Å². The van der Waals surface area contributed by atoms with E-state index in [9.17, 15) is 4.79 Å². The van der Waals surface area contributed by atoms with E-state index in [1.54, 1.807) is 7.11 Å². The van der Waals surface area contributed by atoms with E-state index < -0.39 is 0 Å². The number of benzene rings is 3. The van der Waals surface area contributed by atoms with E-state index in [0.29, 0.717) is 29.8 Å². The largest absolute Gasteiger partial charge is 0.497 e. The summed E-state index contributed by atoms with van der Waals surface area (Å²) in [6.45, 7) is 0. The molecule has 1 aliphatic heterocycles. The van der Waals surface area contributed by atoms with Gasteiger partial charge in [0, 0.05) is 11.4 Å². The zero-order valence-corrected chi connectivity index (χ0v) is 20.1.